The Balaban J connectivity index is 1.50. The normalized spacial score (nSPS) is 16.7. The van der Waals surface area contributed by atoms with Crippen molar-refractivity contribution < 1.29 is 23.8 Å². The Hall–Kier alpha value is -3.48. The molecular formula is C25H28N2O5. The number of benzene rings is 2. The molecule has 7 heteroatoms. The van der Waals surface area contributed by atoms with E-state index in [2.05, 4.69) is 19.2 Å². The molecule has 2 heterocycles. The highest BCUT2D eigenvalue weighted by Gasteiger charge is 2.38. The lowest BCUT2D eigenvalue weighted by molar-refractivity contribution is -0.127. The highest BCUT2D eigenvalue weighted by molar-refractivity contribution is 6.03. The van der Waals surface area contributed by atoms with Crippen molar-refractivity contribution in [3.8, 4) is 17.2 Å². The third-order valence-corrected chi connectivity index (χ3v) is 5.30. The van der Waals surface area contributed by atoms with Crippen molar-refractivity contribution in [3.63, 3.8) is 0 Å². The molecule has 2 aromatic rings. The molecule has 168 valence electrons. The van der Waals surface area contributed by atoms with E-state index in [0.717, 1.165) is 11.3 Å². The van der Waals surface area contributed by atoms with E-state index in [9.17, 15) is 9.59 Å². The van der Waals surface area contributed by atoms with Gasteiger partial charge < -0.3 is 24.4 Å². The van der Waals surface area contributed by atoms with Crippen LogP contribution in [0.25, 0.3) is 6.08 Å². The number of hydrogen-bond donors (Lipinski definition) is 1. The molecule has 0 radical (unpaired) electrons. The van der Waals surface area contributed by atoms with Gasteiger partial charge in [0.15, 0.2) is 11.5 Å². The molecule has 0 aromatic heterocycles. The molecule has 2 aliphatic heterocycles. The zero-order chi connectivity index (χ0) is 22.9. The molecule has 1 N–H and O–H groups in total. The van der Waals surface area contributed by atoms with Crippen molar-refractivity contribution >= 4 is 29.3 Å². The summed E-state index contributed by atoms with van der Waals surface area (Å²) < 4.78 is 16.6. The molecule has 0 saturated carbocycles. The molecule has 0 fully saturated rings. The van der Waals surface area contributed by atoms with Crippen LogP contribution in [0.5, 0.6) is 17.2 Å². The van der Waals surface area contributed by atoms with Crippen LogP contribution in [0.3, 0.4) is 0 Å². The number of carbonyl (C=O) groups is 2. The average Bonchev–Trinajstić information content (AvgIpc) is 3.19. The number of anilines is 2. The lowest BCUT2D eigenvalue weighted by Gasteiger charge is -2.29. The summed E-state index contributed by atoms with van der Waals surface area (Å²) in [5, 5.41) is 2.86. The predicted octanol–water partition coefficient (Wildman–Crippen LogP) is 4.47. The summed E-state index contributed by atoms with van der Waals surface area (Å²) in [6.45, 7) is 9.01. The second-order valence-corrected chi connectivity index (χ2v) is 9.10. The topological polar surface area (TPSA) is 77.1 Å². The molecule has 2 aliphatic rings. The summed E-state index contributed by atoms with van der Waals surface area (Å²) in [5.74, 6) is 2.02. The largest absolute Gasteiger partial charge is 0.490 e. The molecule has 0 aliphatic carbocycles. The fraction of sp³-hybridized carbons (Fsp3) is 0.360. The maximum atomic E-state index is 13.1. The molecule has 0 bridgehead atoms. The Kier molecular flexibility index (Phi) is 5.82. The van der Waals surface area contributed by atoms with Crippen molar-refractivity contribution in [2.45, 2.75) is 27.7 Å². The standard InChI is InChI=1S/C25H28N2O5/c1-16(2)13-27-19-8-7-18(12-21(19)30-14-25(3,4)24(27)29)26-23(28)10-6-17-5-9-20-22(11-17)32-15-31-20/h5-12,16H,13-15H2,1-4H3,(H,26,28)/b10-6+. The Morgan fingerprint density at radius 1 is 1.09 bits per heavy atom. The molecule has 0 unspecified atom stereocenters. The van der Waals surface area contributed by atoms with Crippen molar-refractivity contribution in [3.05, 3.63) is 48.0 Å². The van der Waals surface area contributed by atoms with Crippen LogP contribution in [0, 0.1) is 11.3 Å². The average molecular weight is 437 g/mol. The highest BCUT2D eigenvalue weighted by Crippen LogP contribution is 2.38. The van der Waals surface area contributed by atoms with Gasteiger partial charge in [0.25, 0.3) is 0 Å². The maximum Gasteiger partial charge on any atom is 0.248 e. The van der Waals surface area contributed by atoms with Gasteiger partial charge in [-0.1, -0.05) is 19.9 Å². The van der Waals surface area contributed by atoms with Gasteiger partial charge in [-0.05, 0) is 55.7 Å². The summed E-state index contributed by atoms with van der Waals surface area (Å²) in [6, 6.07) is 10.9. The molecule has 32 heavy (non-hydrogen) atoms. The summed E-state index contributed by atoms with van der Waals surface area (Å²) >= 11 is 0. The smallest absolute Gasteiger partial charge is 0.248 e. The monoisotopic (exact) mass is 436 g/mol. The first-order valence-corrected chi connectivity index (χ1v) is 10.7. The SMILES string of the molecule is CC(C)CN1C(=O)C(C)(C)COc2cc(NC(=O)/C=C/c3ccc4c(c3)OCO4)ccc21. The molecule has 0 atom stereocenters. The molecule has 7 nitrogen and oxygen atoms in total. The van der Waals surface area contributed by atoms with Crippen LogP contribution in [0.1, 0.15) is 33.3 Å². The Morgan fingerprint density at radius 3 is 2.66 bits per heavy atom. The third kappa shape index (κ3) is 4.56. The van der Waals surface area contributed by atoms with Crippen LogP contribution in [-0.2, 0) is 9.59 Å². The van der Waals surface area contributed by atoms with Gasteiger partial charge in [-0.3, -0.25) is 9.59 Å². The van der Waals surface area contributed by atoms with Crippen LogP contribution < -0.4 is 24.4 Å². The summed E-state index contributed by atoms with van der Waals surface area (Å²) in [6.07, 6.45) is 3.17. The van der Waals surface area contributed by atoms with Gasteiger partial charge in [0.05, 0.1) is 11.1 Å². The number of fused-ring (bicyclic) bond motifs is 2. The zero-order valence-corrected chi connectivity index (χ0v) is 18.8. The van der Waals surface area contributed by atoms with E-state index in [4.69, 9.17) is 14.2 Å². The highest BCUT2D eigenvalue weighted by atomic mass is 16.7. The van der Waals surface area contributed by atoms with Gasteiger partial charge in [-0.15, -0.1) is 0 Å². The van der Waals surface area contributed by atoms with Crippen LogP contribution in [0.2, 0.25) is 0 Å². The number of nitrogens with one attached hydrogen (secondary N) is 1. The number of nitrogens with zero attached hydrogens (tertiary/aromatic N) is 1. The fourth-order valence-electron chi connectivity index (χ4n) is 3.64. The number of rotatable bonds is 5. The summed E-state index contributed by atoms with van der Waals surface area (Å²) in [5.41, 5.74) is 1.52. The minimum Gasteiger partial charge on any atom is -0.490 e. The van der Waals surface area contributed by atoms with Crippen LogP contribution >= 0.6 is 0 Å². The van der Waals surface area contributed by atoms with Crippen molar-refractivity contribution in [1.29, 1.82) is 0 Å². The molecular weight excluding hydrogens is 408 g/mol. The van der Waals surface area contributed by atoms with Crippen LogP contribution in [-0.4, -0.2) is 31.8 Å². The van der Waals surface area contributed by atoms with Gasteiger partial charge in [-0.2, -0.15) is 0 Å². The molecule has 0 saturated heterocycles. The Bertz CT molecular complexity index is 1070. The predicted molar refractivity (Wildman–Crippen MR) is 123 cm³/mol. The van der Waals surface area contributed by atoms with Crippen LogP contribution in [0.4, 0.5) is 11.4 Å². The molecule has 2 amide bonds. The Labute approximate surface area is 188 Å². The van der Waals surface area contributed by atoms with Gasteiger partial charge in [0.2, 0.25) is 18.6 Å². The lowest BCUT2D eigenvalue weighted by Crippen LogP contribution is -2.43. The van der Waals surface area contributed by atoms with E-state index in [1.54, 1.807) is 23.1 Å². The molecule has 2 aromatic carbocycles. The minimum absolute atomic E-state index is 0.0356. The van der Waals surface area contributed by atoms with E-state index < -0.39 is 5.41 Å². The van der Waals surface area contributed by atoms with Crippen LogP contribution in [0.15, 0.2) is 42.5 Å². The first-order valence-electron chi connectivity index (χ1n) is 10.7. The van der Waals surface area contributed by atoms with E-state index in [1.807, 2.05) is 38.1 Å². The summed E-state index contributed by atoms with van der Waals surface area (Å²) in [4.78, 5) is 27.3. The maximum absolute atomic E-state index is 13.1. The first-order chi connectivity index (χ1) is 15.2. The number of hydrogen-bond acceptors (Lipinski definition) is 5. The number of carbonyl (C=O) groups excluding carboxylic acids is 2. The molecule has 0 spiro atoms. The van der Waals surface area contributed by atoms with E-state index in [0.29, 0.717) is 35.4 Å². The Morgan fingerprint density at radius 2 is 1.88 bits per heavy atom. The third-order valence-electron chi connectivity index (χ3n) is 5.30. The van der Waals surface area contributed by atoms with Crippen molar-refractivity contribution in [2.75, 3.05) is 30.2 Å². The van der Waals surface area contributed by atoms with E-state index >= 15 is 0 Å². The molecule has 4 rings (SSSR count). The number of ether oxygens (including phenoxy) is 3. The van der Waals surface area contributed by atoms with Crippen molar-refractivity contribution in [1.82, 2.24) is 0 Å². The lowest BCUT2D eigenvalue weighted by atomic mass is 9.92. The van der Waals surface area contributed by atoms with Gasteiger partial charge in [0, 0.05) is 24.4 Å². The fourth-order valence-corrected chi connectivity index (χ4v) is 3.64. The second-order valence-electron chi connectivity index (χ2n) is 9.10. The zero-order valence-electron chi connectivity index (χ0n) is 18.8. The van der Waals surface area contributed by atoms with Gasteiger partial charge in [0.1, 0.15) is 12.4 Å². The second kappa shape index (κ2) is 8.57. The number of amides is 2. The van der Waals surface area contributed by atoms with Crippen molar-refractivity contribution in [2.24, 2.45) is 11.3 Å². The minimum atomic E-state index is -0.634. The summed E-state index contributed by atoms with van der Waals surface area (Å²) in [7, 11) is 0. The first kappa shape index (κ1) is 21.7. The van der Waals surface area contributed by atoms with E-state index in [-0.39, 0.29) is 25.2 Å². The van der Waals surface area contributed by atoms with E-state index in [1.165, 1.54) is 6.08 Å². The van der Waals surface area contributed by atoms with Gasteiger partial charge >= 0.3 is 0 Å². The quantitative estimate of drug-likeness (QED) is 0.700. The van der Waals surface area contributed by atoms with Gasteiger partial charge in [-0.25, -0.2) is 0 Å².